The summed E-state index contributed by atoms with van der Waals surface area (Å²) >= 11 is 0. The number of benzene rings is 1. The monoisotopic (exact) mass is 355 g/mol. The first-order valence-corrected chi connectivity index (χ1v) is 10.2. The van der Waals surface area contributed by atoms with Crippen LogP contribution in [0.15, 0.2) is 46.6 Å². The molecule has 0 spiro atoms. The Morgan fingerprint density at radius 1 is 1.04 bits per heavy atom. The van der Waals surface area contributed by atoms with Crippen molar-refractivity contribution in [1.29, 1.82) is 0 Å². The normalized spacial score (nSPS) is 16.4. The Balaban J connectivity index is 1.82. The summed E-state index contributed by atoms with van der Waals surface area (Å²) in [6, 6.07) is 6.91. The van der Waals surface area contributed by atoms with Crippen LogP contribution in [0.1, 0.15) is 49.3 Å². The van der Waals surface area contributed by atoms with E-state index < -0.39 is 9.84 Å². The molecule has 6 heteroatoms. The number of H-pyrrole nitrogens is 1. The van der Waals surface area contributed by atoms with Crippen molar-refractivity contribution in [2.45, 2.75) is 54.7 Å². The summed E-state index contributed by atoms with van der Waals surface area (Å²) in [5.74, 6) is 0.382. The molecule has 2 aromatic heterocycles. The van der Waals surface area contributed by atoms with Gasteiger partial charge in [-0.25, -0.2) is 18.4 Å². The highest BCUT2D eigenvalue weighted by Gasteiger charge is 2.26. The molecule has 1 N–H and O–H groups in total. The predicted octanol–water partition coefficient (Wildman–Crippen LogP) is 4.15. The molecule has 4 rings (SSSR count). The fourth-order valence-corrected chi connectivity index (χ4v) is 5.04. The number of aromatic amines is 1. The molecule has 0 radical (unpaired) electrons. The Morgan fingerprint density at radius 2 is 1.76 bits per heavy atom. The number of aromatic nitrogens is 3. The van der Waals surface area contributed by atoms with Gasteiger partial charge in [0.15, 0.2) is 0 Å². The van der Waals surface area contributed by atoms with Gasteiger partial charge in [-0.1, -0.05) is 37.0 Å². The van der Waals surface area contributed by atoms with Crippen molar-refractivity contribution in [2.75, 3.05) is 0 Å². The Labute approximate surface area is 147 Å². The number of nitrogens with zero attached hydrogens (tertiary/aromatic N) is 2. The van der Waals surface area contributed by atoms with E-state index in [4.69, 9.17) is 0 Å². The first-order chi connectivity index (χ1) is 12.1. The summed E-state index contributed by atoms with van der Waals surface area (Å²) < 4.78 is 26.1. The second-order valence-electron chi connectivity index (χ2n) is 6.79. The van der Waals surface area contributed by atoms with Crippen LogP contribution in [0, 0.1) is 6.92 Å². The Bertz CT molecular complexity index is 1000. The average molecular weight is 355 g/mol. The summed E-state index contributed by atoms with van der Waals surface area (Å²) in [6.45, 7) is 1.94. The number of fused-ring (bicyclic) bond motifs is 1. The van der Waals surface area contributed by atoms with Crippen molar-refractivity contribution in [3.8, 4) is 0 Å². The van der Waals surface area contributed by atoms with Crippen LogP contribution in [0.3, 0.4) is 0 Å². The largest absolute Gasteiger partial charge is 0.357 e. The maximum Gasteiger partial charge on any atom is 0.210 e. The van der Waals surface area contributed by atoms with Crippen LogP contribution in [0.2, 0.25) is 0 Å². The van der Waals surface area contributed by atoms with Crippen LogP contribution in [-0.2, 0) is 9.84 Å². The highest BCUT2D eigenvalue weighted by atomic mass is 32.2. The predicted molar refractivity (Wildman–Crippen MR) is 96.3 cm³/mol. The molecule has 1 aliphatic carbocycles. The fraction of sp³-hybridized carbons (Fsp3) is 0.368. The minimum absolute atomic E-state index is 0.228. The zero-order valence-electron chi connectivity index (χ0n) is 14.2. The molecule has 0 bridgehead atoms. The lowest BCUT2D eigenvalue weighted by Crippen LogP contribution is -2.08. The van der Waals surface area contributed by atoms with E-state index in [0.717, 1.165) is 29.6 Å². The molecule has 25 heavy (non-hydrogen) atoms. The molecular formula is C19H21N3O2S. The van der Waals surface area contributed by atoms with E-state index in [1.165, 1.54) is 25.6 Å². The third-order valence-electron chi connectivity index (χ3n) is 5.07. The Hall–Kier alpha value is -2.21. The molecular weight excluding hydrogens is 334 g/mol. The van der Waals surface area contributed by atoms with Gasteiger partial charge in [0, 0.05) is 12.1 Å². The maximum absolute atomic E-state index is 13.0. The maximum atomic E-state index is 13.0. The summed E-state index contributed by atoms with van der Waals surface area (Å²) in [4.78, 5) is 12.4. The second-order valence-corrected chi connectivity index (χ2v) is 8.70. The third-order valence-corrected chi connectivity index (χ3v) is 6.85. The van der Waals surface area contributed by atoms with E-state index >= 15 is 0 Å². The summed E-state index contributed by atoms with van der Waals surface area (Å²) in [5.41, 5.74) is 3.24. The molecule has 0 atom stereocenters. The zero-order chi connectivity index (χ0) is 17.4. The minimum Gasteiger partial charge on any atom is -0.357 e. The average Bonchev–Trinajstić information content (AvgIpc) is 3.08. The van der Waals surface area contributed by atoms with Crippen molar-refractivity contribution in [3.05, 3.63) is 48.0 Å². The smallest absolute Gasteiger partial charge is 0.210 e. The second kappa shape index (κ2) is 6.26. The Kier molecular flexibility index (Phi) is 4.07. The van der Waals surface area contributed by atoms with Gasteiger partial charge in [0.2, 0.25) is 9.84 Å². The standard InChI is InChI=1S/C19H21N3O2S/c1-13-7-9-15(10-8-13)25(23,24)16-11-20-19-17(21-12-22-18(16)19)14-5-3-2-4-6-14/h7-12,14,20H,2-6H2,1H3. The molecule has 0 amide bonds. The Morgan fingerprint density at radius 3 is 2.48 bits per heavy atom. The molecule has 0 saturated heterocycles. The van der Waals surface area contributed by atoms with E-state index in [1.807, 2.05) is 19.1 Å². The van der Waals surface area contributed by atoms with Crippen molar-refractivity contribution < 1.29 is 8.42 Å². The first kappa shape index (κ1) is 16.3. The van der Waals surface area contributed by atoms with Crippen LogP contribution >= 0.6 is 0 Å². The van der Waals surface area contributed by atoms with Gasteiger partial charge in [0.05, 0.1) is 16.1 Å². The summed E-state index contributed by atoms with van der Waals surface area (Å²) in [5, 5.41) is 0. The lowest BCUT2D eigenvalue weighted by Gasteiger charge is -2.21. The van der Waals surface area contributed by atoms with Gasteiger partial charge >= 0.3 is 0 Å². The quantitative estimate of drug-likeness (QED) is 0.766. The van der Waals surface area contributed by atoms with Crippen molar-refractivity contribution >= 4 is 20.9 Å². The summed E-state index contributed by atoms with van der Waals surface area (Å²) in [7, 11) is -3.61. The van der Waals surface area contributed by atoms with E-state index in [9.17, 15) is 8.42 Å². The first-order valence-electron chi connectivity index (χ1n) is 8.71. The van der Waals surface area contributed by atoms with Crippen molar-refractivity contribution in [2.24, 2.45) is 0 Å². The lowest BCUT2D eigenvalue weighted by atomic mass is 9.86. The van der Waals surface area contributed by atoms with Gasteiger partial charge in [-0.05, 0) is 31.9 Å². The van der Waals surface area contributed by atoms with Crippen LogP contribution in [0.4, 0.5) is 0 Å². The summed E-state index contributed by atoms with van der Waals surface area (Å²) in [6.07, 6.45) is 8.92. The number of hydrogen-bond acceptors (Lipinski definition) is 4. The molecule has 1 saturated carbocycles. The number of nitrogens with one attached hydrogen (secondary N) is 1. The third kappa shape index (κ3) is 2.84. The molecule has 0 aliphatic heterocycles. The minimum atomic E-state index is -3.61. The van der Waals surface area contributed by atoms with E-state index in [-0.39, 0.29) is 9.79 Å². The fourth-order valence-electron chi connectivity index (χ4n) is 3.67. The SMILES string of the molecule is Cc1ccc(S(=O)(=O)c2c[nH]c3c(C4CCCCC4)ncnc23)cc1. The van der Waals surface area contributed by atoms with Gasteiger partial charge in [0.1, 0.15) is 16.7 Å². The van der Waals surface area contributed by atoms with Gasteiger partial charge < -0.3 is 4.98 Å². The molecule has 0 unspecified atom stereocenters. The molecule has 130 valence electrons. The van der Waals surface area contributed by atoms with Crippen LogP contribution in [-0.4, -0.2) is 23.4 Å². The van der Waals surface area contributed by atoms with Crippen LogP contribution in [0.5, 0.6) is 0 Å². The number of aryl methyl sites for hydroxylation is 1. The highest BCUT2D eigenvalue weighted by Crippen LogP contribution is 2.36. The van der Waals surface area contributed by atoms with Gasteiger partial charge in [-0.3, -0.25) is 0 Å². The van der Waals surface area contributed by atoms with Gasteiger partial charge in [-0.15, -0.1) is 0 Å². The number of rotatable bonds is 3. The number of sulfone groups is 1. The highest BCUT2D eigenvalue weighted by molar-refractivity contribution is 7.91. The van der Waals surface area contributed by atoms with Crippen molar-refractivity contribution in [1.82, 2.24) is 15.0 Å². The van der Waals surface area contributed by atoms with Gasteiger partial charge in [-0.2, -0.15) is 0 Å². The van der Waals surface area contributed by atoms with E-state index in [2.05, 4.69) is 15.0 Å². The molecule has 1 fully saturated rings. The molecule has 1 aliphatic rings. The van der Waals surface area contributed by atoms with E-state index in [0.29, 0.717) is 11.4 Å². The lowest BCUT2D eigenvalue weighted by molar-refractivity contribution is 0.438. The van der Waals surface area contributed by atoms with Gasteiger partial charge in [0.25, 0.3) is 0 Å². The molecule has 1 aromatic carbocycles. The topological polar surface area (TPSA) is 75.7 Å². The molecule has 2 heterocycles. The van der Waals surface area contributed by atoms with Crippen LogP contribution < -0.4 is 0 Å². The van der Waals surface area contributed by atoms with Crippen LogP contribution in [0.25, 0.3) is 11.0 Å². The zero-order valence-corrected chi connectivity index (χ0v) is 15.0. The number of hydrogen-bond donors (Lipinski definition) is 1. The molecule has 3 aromatic rings. The van der Waals surface area contributed by atoms with Crippen molar-refractivity contribution in [3.63, 3.8) is 0 Å². The van der Waals surface area contributed by atoms with E-state index in [1.54, 1.807) is 18.3 Å². The molecule has 5 nitrogen and oxygen atoms in total.